The van der Waals surface area contributed by atoms with Gasteiger partial charge in [0.25, 0.3) is 0 Å². The predicted octanol–water partition coefficient (Wildman–Crippen LogP) is 3.39. The highest BCUT2D eigenvalue weighted by Gasteiger charge is 2.34. The van der Waals surface area contributed by atoms with Crippen LogP contribution in [0.3, 0.4) is 0 Å². The van der Waals surface area contributed by atoms with Gasteiger partial charge in [0.05, 0.1) is 0 Å². The highest BCUT2D eigenvalue weighted by Crippen LogP contribution is 2.41. The Morgan fingerprint density at radius 1 is 0.950 bits per heavy atom. The molecule has 4 rings (SSSR count). The van der Waals surface area contributed by atoms with E-state index in [4.69, 9.17) is 0 Å². The molecule has 2 nitrogen and oxygen atoms in total. The maximum absolute atomic E-state index is 3.64. The van der Waals surface area contributed by atoms with E-state index in [1.807, 2.05) is 0 Å². The minimum atomic E-state index is 0.675. The molecule has 2 atom stereocenters. The van der Waals surface area contributed by atoms with Crippen molar-refractivity contribution < 1.29 is 0 Å². The Labute approximate surface area is 120 Å². The summed E-state index contributed by atoms with van der Waals surface area (Å²) in [5, 5.41) is 7.18. The Hall–Kier alpha value is -1.80. The molecular formula is C18H20N2. The number of anilines is 1. The first-order chi connectivity index (χ1) is 9.83. The van der Waals surface area contributed by atoms with Gasteiger partial charge in [-0.1, -0.05) is 30.3 Å². The lowest BCUT2D eigenvalue weighted by molar-refractivity contribution is 0.529. The molecule has 102 valence electrons. The minimum Gasteiger partial charge on any atom is -0.384 e. The van der Waals surface area contributed by atoms with Gasteiger partial charge in [-0.3, -0.25) is 0 Å². The van der Waals surface area contributed by atoms with Crippen LogP contribution in [0.2, 0.25) is 0 Å². The van der Waals surface area contributed by atoms with Crippen LogP contribution in [0.1, 0.15) is 17.0 Å². The summed E-state index contributed by atoms with van der Waals surface area (Å²) in [6, 6.07) is 15.4. The lowest BCUT2D eigenvalue weighted by Gasteiger charge is -2.30. The largest absolute Gasteiger partial charge is 0.384 e. The van der Waals surface area contributed by atoms with Gasteiger partial charge in [0.2, 0.25) is 0 Å². The molecule has 2 heterocycles. The van der Waals surface area contributed by atoms with Crippen molar-refractivity contribution in [1.82, 2.24) is 5.32 Å². The van der Waals surface area contributed by atoms with Crippen LogP contribution in [0.5, 0.6) is 0 Å². The SMILES string of the molecule is Cc1cc(-c2ccccc2)cc2c1NCC1CNCC21. The molecule has 0 aromatic heterocycles. The number of nitrogens with one attached hydrogen (secondary N) is 2. The van der Waals surface area contributed by atoms with Gasteiger partial charge in [-0.25, -0.2) is 0 Å². The van der Waals surface area contributed by atoms with Crippen LogP contribution >= 0.6 is 0 Å². The first kappa shape index (κ1) is 12.0. The molecule has 0 aliphatic carbocycles. The molecule has 2 aliphatic heterocycles. The van der Waals surface area contributed by atoms with E-state index in [9.17, 15) is 0 Å². The lowest BCUT2D eigenvalue weighted by Crippen LogP contribution is -2.27. The number of aryl methyl sites for hydroxylation is 1. The monoisotopic (exact) mass is 264 g/mol. The van der Waals surface area contributed by atoms with Crippen LogP contribution in [-0.4, -0.2) is 19.6 Å². The van der Waals surface area contributed by atoms with Crippen LogP contribution in [0.25, 0.3) is 11.1 Å². The Bertz CT molecular complexity index is 633. The fraction of sp³-hybridized carbons (Fsp3) is 0.333. The van der Waals surface area contributed by atoms with Crippen LogP contribution in [0.15, 0.2) is 42.5 Å². The summed E-state index contributed by atoms with van der Waals surface area (Å²) in [7, 11) is 0. The number of rotatable bonds is 1. The van der Waals surface area contributed by atoms with E-state index < -0.39 is 0 Å². The maximum atomic E-state index is 3.64. The molecule has 2 unspecified atom stereocenters. The van der Waals surface area contributed by atoms with E-state index in [0.717, 1.165) is 25.6 Å². The standard InChI is InChI=1S/C18H20N2/c1-12-7-14(13-5-3-2-4-6-13)8-16-17-11-19-9-15(17)10-20-18(12)16/h2-8,15,17,19-20H,9-11H2,1H3. The molecule has 0 radical (unpaired) electrons. The quantitative estimate of drug-likeness (QED) is 0.825. The second-order valence-corrected chi connectivity index (χ2v) is 6.03. The molecule has 2 heteroatoms. The van der Waals surface area contributed by atoms with Crippen molar-refractivity contribution in [1.29, 1.82) is 0 Å². The van der Waals surface area contributed by atoms with Gasteiger partial charge in [0, 0.05) is 31.2 Å². The summed E-state index contributed by atoms with van der Waals surface area (Å²) in [6.07, 6.45) is 0. The van der Waals surface area contributed by atoms with Crippen LogP contribution in [0.4, 0.5) is 5.69 Å². The van der Waals surface area contributed by atoms with Crippen LogP contribution in [-0.2, 0) is 0 Å². The number of hydrogen-bond donors (Lipinski definition) is 2. The molecule has 1 saturated heterocycles. The van der Waals surface area contributed by atoms with Gasteiger partial charge in [-0.15, -0.1) is 0 Å². The van der Waals surface area contributed by atoms with E-state index in [-0.39, 0.29) is 0 Å². The smallest absolute Gasteiger partial charge is 0.0406 e. The average molecular weight is 264 g/mol. The molecule has 2 aliphatic rings. The van der Waals surface area contributed by atoms with Gasteiger partial charge < -0.3 is 10.6 Å². The molecule has 2 N–H and O–H groups in total. The van der Waals surface area contributed by atoms with Gasteiger partial charge in [0.15, 0.2) is 0 Å². The summed E-state index contributed by atoms with van der Waals surface area (Å²) in [6.45, 7) is 5.60. The average Bonchev–Trinajstić information content (AvgIpc) is 2.97. The summed E-state index contributed by atoms with van der Waals surface area (Å²) in [4.78, 5) is 0. The van der Waals surface area contributed by atoms with Gasteiger partial charge in [-0.2, -0.15) is 0 Å². The Kier molecular flexibility index (Phi) is 2.78. The third-order valence-electron chi connectivity index (χ3n) is 4.75. The molecule has 2 aromatic rings. The maximum Gasteiger partial charge on any atom is 0.0406 e. The zero-order chi connectivity index (χ0) is 13.5. The van der Waals surface area contributed by atoms with Crippen molar-refractivity contribution in [3.8, 4) is 11.1 Å². The zero-order valence-electron chi connectivity index (χ0n) is 11.8. The predicted molar refractivity (Wildman–Crippen MR) is 84.2 cm³/mol. The summed E-state index contributed by atoms with van der Waals surface area (Å²) in [5.41, 5.74) is 6.90. The van der Waals surface area contributed by atoms with E-state index >= 15 is 0 Å². The minimum absolute atomic E-state index is 0.675. The Morgan fingerprint density at radius 3 is 2.65 bits per heavy atom. The molecule has 0 saturated carbocycles. The molecule has 2 aromatic carbocycles. The fourth-order valence-corrected chi connectivity index (χ4v) is 3.69. The van der Waals surface area contributed by atoms with Crippen molar-refractivity contribution in [2.45, 2.75) is 12.8 Å². The Balaban J connectivity index is 1.85. The van der Waals surface area contributed by atoms with Crippen molar-refractivity contribution in [3.05, 3.63) is 53.6 Å². The van der Waals surface area contributed by atoms with E-state index in [0.29, 0.717) is 5.92 Å². The summed E-state index contributed by atoms with van der Waals surface area (Å²) in [5.74, 6) is 1.42. The molecule has 0 spiro atoms. The summed E-state index contributed by atoms with van der Waals surface area (Å²) < 4.78 is 0. The fourth-order valence-electron chi connectivity index (χ4n) is 3.69. The molecular weight excluding hydrogens is 244 g/mol. The first-order valence-electron chi connectivity index (χ1n) is 7.47. The Morgan fingerprint density at radius 2 is 1.80 bits per heavy atom. The number of fused-ring (bicyclic) bond motifs is 3. The normalized spacial score (nSPS) is 23.9. The third kappa shape index (κ3) is 1.83. The number of hydrogen-bond acceptors (Lipinski definition) is 2. The molecule has 20 heavy (non-hydrogen) atoms. The van der Waals surface area contributed by atoms with E-state index in [1.54, 1.807) is 0 Å². The third-order valence-corrected chi connectivity index (χ3v) is 4.75. The molecule has 1 fully saturated rings. The van der Waals surface area contributed by atoms with Crippen LogP contribution in [0, 0.1) is 12.8 Å². The summed E-state index contributed by atoms with van der Waals surface area (Å²) >= 11 is 0. The van der Waals surface area contributed by atoms with Crippen molar-refractivity contribution in [2.24, 2.45) is 5.92 Å². The second-order valence-electron chi connectivity index (χ2n) is 6.03. The first-order valence-corrected chi connectivity index (χ1v) is 7.47. The molecule has 0 amide bonds. The highest BCUT2D eigenvalue weighted by atomic mass is 15.0. The number of benzene rings is 2. The van der Waals surface area contributed by atoms with E-state index in [1.165, 1.54) is 27.9 Å². The van der Waals surface area contributed by atoms with Crippen molar-refractivity contribution >= 4 is 5.69 Å². The highest BCUT2D eigenvalue weighted by molar-refractivity contribution is 5.73. The van der Waals surface area contributed by atoms with E-state index in [2.05, 4.69) is 60.0 Å². The van der Waals surface area contributed by atoms with Gasteiger partial charge in [0.1, 0.15) is 0 Å². The van der Waals surface area contributed by atoms with Gasteiger partial charge >= 0.3 is 0 Å². The van der Waals surface area contributed by atoms with Crippen molar-refractivity contribution in [3.63, 3.8) is 0 Å². The topological polar surface area (TPSA) is 24.1 Å². The lowest BCUT2D eigenvalue weighted by atomic mass is 9.82. The van der Waals surface area contributed by atoms with Crippen molar-refractivity contribution in [2.75, 3.05) is 25.0 Å². The zero-order valence-corrected chi connectivity index (χ0v) is 11.8. The van der Waals surface area contributed by atoms with Gasteiger partial charge in [-0.05, 0) is 47.2 Å². The molecule has 0 bridgehead atoms. The second kappa shape index (κ2) is 4.64. The van der Waals surface area contributed by atoms with Crippen LogP contribution < -0.4 is 10.6 Å².